The van der Waals surface area contributed by atoms with E-state index in [1.165, 1.54) is 64.2 Å². The quantitative estimate of drug-likeness (QED) is 0.615. The first kappa shape index (κ1) is 10.5. The lowest BCUT2D eigenvalue weighted by atomic mass is 9.80. The first-order valence-corrected chi connectivity index (χ1v) is 6.58. The second kappa shape index (κ2) is 5.78. The zero-order valence-electron chi connectivity index (χ0n) is 9.38. The fraction of sp³-hybridized carbons (Fsp3) is 0.857. The minimum Gasteiger partial charge on any atom is -0.0528 e. The zero-order chi connectivity index (χ0) is 9.64. The van der Waals surface area contributed by atoms with Gasteiger partial charge in [0.15, 0.2) is 0 Å². The lowest BCUT2D eigenvalue weighted by molar-refractivity contribution is 0.313. The van der Waals surface area contributed by atoms with Crippen molar-refractivity contribution in [2.75, 3.05) is 0 Å². The minimum absolute atomic E-state index is 1.05. The Bertz CT molecular complexity index is 120. The van der Waals surface area contributed by atoms with Gasteiger partial charge in [-0.3, -0.25) is 0 Å². The van der Waals surface area contributed by atoms with Crippen LogP contribution in [0.25, 0.3) is 0 Å². The summed E-state index contributed by atoms with van der Waals surface area (Å²) < 4.78 is 0. The Morgan fingerprint density at radius 2 is 1.29 bits per heavy atom. The molecule has 2 aliphatic rings. The molecule has 0 nitrogen and oxygen atoms in total. The number of hydrogen-bond donors (Lipinski definition) is 0. The smallest absolute Gasteiger partial charge is 0.0383 e. The monoisotopic (exact) mass is 192 g/mol. The van der Waals surface area contributed by atoms with Crippen LogP contribution >= 0.6 is 0 Å². The second-order valence-electron chi connectivity index (χ2n) is 5.22. The second-order valence-corrected chi connectivity index (χ2v) is 5.22. The average Bonchev–Trinajstić information content (AvgIpc) is 2.29. The van der Waals surface area contributed by atoms with Crippen LogP contribution in [0.15, 0.2) is 0 Å². The lowest BCUT2D eigenvalue weighted by Crippen LogP contribution is -2.11. The van der Waals surface area contributed by atoms with Crippen molar-refractivity contribution in [1.29, 1.82) is 0 Å². The van der Waals surface area contributed by atoms with E-state index in [1.807, 2.05) is 0 Å². The predicted molar refractivity (Wildman–Crippen MR) is 61.8 cm³/mol. The molecule has 0 saturated heterocycles. The summed E-state index contributed by atoms with van der Waals surface area (Å²) in [5, 5.41) is 0. The highest BCUT2D eigenvalue weighted by Crippen LogP contribution is 2.32. The summed E-state index contributed by atoms with van der Waals surface area (Å²) in [6, 6.07) is 0. The van der Waals surface area contributed by atoms with Crippen molar-refractivity contribution in [3.63, 3.8) is 0 Å². The third-order valence-electron chi connectivity index (χ3n) is 4.02. The third-order valence-corrected chi connectivity index (χ3v) is 4.02. The average molecular weight is 192 g/mol. The summed E-state index contributed by atoms with van der Waals surface area (Å²) in [6.07, 6.45) is 19.6. The van der Waals surface area contributed by atoms with Crippen LogP contribution in [-0.2, 0) is 0 Å². The molecular weight excluding hydrogens is 168 g/mol. The molecule has 2 rings (SSSR count). The van der Waals surface area contributed by atoms with E-state index in [0.717, 1.165) is 11.8 Å². The van der Waals surface area contributed by atoms with E-state index < -0.39 is 0 Å². The summed E-state index contributed by atoms with van der Waals surface area (Å²) in [4.78, 5) is 0. The normalized spacial score (nSPS) is 26.6. The minimum atomic E-state index is 1.05. The molecule has 14 heavy (non-hydrogen) atoms. The number of hydrogen-bond acceptors (Lipinski definition) is 0. The van der Waals surface area contributed by atoms with Crippen molar-refractivity contribution in [1.82, 2.24) is 0 Å². The predicted octanol–water partition coefficient (Wildman–Crippen LogP) is 4.56. The molecule has 0 bridgehead atoms. The van der Waals surface area contributed by atoms with Crippen LogP contribution < -0.4 is 0 Å². The van der Waals surface area contributed by atoms with Gasteiger partial charge in [-0.25, -0.2) is 0 Å². The summed E-state index contributed by atoms with van der Waals surface area (Å²) in [5.74, 6) is 2.09. The van der Waals surface area contributed by atoms with Crippen LogP contribution in [0, 0.1) is 24.7 Å². The lowest BCUT2D eigenvalue weighted by Gasteiger charge is -2.26. The maximum absolute atomic E-state index is 2.52. The Morgan fingerprint density at radius 1 is 0.786 bits per heavy atom. The van der Waals surface area contributed by atoms with Gasteiger partial charge in [0, 0.05) is 0 Å². The highest BCUT2D eigenvalue weighted by Gasteiger charge is 2.17. The Labute approximate surface area is 89.5 Å². The molecule has 0 heteroatoms. The molecule has 2 fully saturated rings. The zero-order valence-corrected chi connectivity index (χ0v) is 9.38. The van der Waals surface area contributed by atoms with Crippen molar-refractivity contribution in [3.8, 4) is 0 Å². The molecule has 2 atom stereocenters. The maximum atomic E-state index is 2.52. The Morgan fingerprint density at radius 3 is 1.64 bits per heavy atom. The SMILES string of the molecule is [CH]1CCCC(CCC2C[CH]CCC2)C1. The van der Waals surface area contributed by atoms with Crippen LogP contribution in [-0.4, -0.2) is 0 Å². The van der Waals surface area contributed by atoms with E-state index in [2.05, 4.69) is 12.8 Å². The molecule has 0 aromatic heterocycles. The Hall–Kier alpha value is 0. The molecule has 2 aliphatic carbocycles. The van der Waals surface area contributed by atoms with Crippen LogP contribution in [0.3, 0.4) is 0 Å². The third kappa shape index (κ3) is 3.29. The van der Waals surface area contributed by atoms with Gasteiger partial charge in [0.1, 0.15) is 0 Å². The van der Waals surface area contributed by atoms with Crippen LogP contribution in [0.1, 0.15) is 64.2 Å². The summed E-state index contributed by atoms with van der Waals surface area (Å²) in [6.45, 7) is 0. The number of rotatable bonds is 3. The van der Waals surface area contributed by atoms with Gasteiger partial charge in [0.25, 0.3) is 0 Å². The van der Waals surface area contributed by atoms with Crippen LogP contribution in [0.2, 0.25) is 0 Å². The van der Waals surface area contributed by atoms with Crippen molar-refractivity contribution in [2.24, 2.45) is 11.8 Å². The van der Waals surface area contributed by atoms with Gasteiger partial charge in [-0.15, -0.1) is 0 Å². The van der Waals surface area contributed by atoms with Gasteiger partial charge in [-0.1, -0.05) is 51.4 Å². The summed E-state index contributed by atoms with van der Waals surface area (Å²) in [7, 11) is 0. The molecule has 0 N–H and O–H groups in total. The van der Waals surface area contributed by atoms with E-state index >= 15 is 0 Å². The van der Waals surface area contributed by atoms with Gasteiger partial charge in [-0.05, 0) is 37.5 Å². The summed E-state index contributed by atoms with van der Waals surface area (Å²) in [5.41, 5.74) is 0. The molecular formula is C14H24. The van der Waals surface area contributed by atoms with Crippen molar-refractivity contribution in [3.05, 3.63) is 12.8 Å². The van der Waals surface area contributed by atoms with Gasteiger partial charge in [-0.2, -0.15) is 0 Å². The molecule has 0 aliphatic heterocycles. The molecule has 0 heterocycles. The fourth-order valence-corrected chi connectivity index (χ4v) is 3.04. The van der Waals surface area contributed by atoms with Crippen molar-refractivity contribution in [2.45, 2.75) is 64.2 Å². The van der Waals surface area contributed by atoms with Crippen LogP contribution in [0.4, 0.5) is 0 Å². The van der Waals surface area contributed by atoms with Gasteiger partial charge >= 0.3 is 0 Å². The topological polar surface area (TPSA) is 0 Å². The molecule has 0 amide bonds. The molecule has 0 aromatic carbocycles. The van der Waals surface area contributed by atoms with E-state index in [9.17, 15) is 0 Å². The van der Waals surface area contributed by atoms with E-state index in [-0.39, 0.29) is 0 Å². The van der Waals surface area contributed by atoms with E-state index in [1.54, 1.807) is 0 Å². The first-order chi connectivity index (χ1) is 6.95. The summed E-state index contributed by atoms with van der Waals surface area (Å²) >= 11 is 0. The molecule has 0 spiro atoms. The first-order valence-electron chi connectivity index (χ1n) is 6.58. The highest BCUT2D eigenvalue weighted by atomic mass is 14.2. The largest absolute Gasteiger partial charge is 0.0528 e. The molecule has 2 unspecified atom stereocenters. The van der Waals surface area contributed by atoms with Gasteiger partial charge in [0.05, 0.1) is 0 Å². The fourth-order valence-electron chi connectivity index (χ4n) is 3.04. The highest BCUT2D eigenvalue weighted by molar-refractivity contribution is 4.81. The van der Waals surface area contributed by atoms with Gasteiger partial charge < -0.3 is 0 Å². The van der Waals surface area contributed by atoms with Crippen molar-refractivity contribution >= 4 is 0 Å². The van der Waals surface area contributed by atoms with Gasteiger partial charge in [0.2, 0.25) is 0 Å². The van der Waals surface area contributed by atoms with Crippen LogP contribution in [0.5, 0.6) is 0 Å². The molecule has 2 radical (unpaired) electrons. The maximum Gasteiger partial charge on any atom is -0.0383 e. The Balaban J connectivity index is 1.60. The standard InChI is InChI=1S/C14H24/c1-3-7-13(8-4-1)11-12-14-9-5-2-6-10-14/h3,5,13-14H,1-2,4,6-12H2. The molecule has 0 aromatic rings. The molecule has 2 saturated carbocycles. The molecule has 80 valence electrons. The van der Waals surface area contributed by atoms with E-state index in [0.29, 0.717) is 0 Å². The Kier molecular flexibility index (Phi) is 4.34. The van der Waals surface area contributed by atoms with E-state index in [4.69, 9.17) is 0 Å². The van der Waals surface area contributed by atoms with Crippen molar-refractivity contribution < 1.29 is 0 Å².